The molecule has 0 spiro atoms. The third kappa shape index (κ3) is 7.57. The molecule has 3 heterocycles. The fourth-order valence-electron chi connectivity index (χ4n) is 5.50. The van der Waals surface area contributed by atoms with E-state index in [4.69, 9.17) is 16.3 Å². The number of ether oxygens (including phenoxy) is 1. The summed E-state index contributed by atoms with van der Waals surface area (Å²) in [5.74, 6) is 0.190. The first-order valence-corrected chi connectivity index (χ1v) is 16.3. The lowest BCUT2D eigenvalue weighted by molar-refractivity contribution is 0.0454. The number of halogens is 1. The predicted octanol–water partition coefficient (Wildman–Crippen LogP) is 5.20. The molecule has 5 rings (SSSR count). The maximum Gasteiger partial charge on any atom is 0.355 e. The highest BCUT2D eigenvalue weighted by Gasteiger charge is 2.25. The average molecular weight is 627 g/mol. The standard InChI is InChI=1S/C31H39ClN6O4S/c1-4-22-5-8-25(9-6-22)38(43(40)41)16-15-36-13-11-23(12-14-36)18-37-19-28(34-35-37)29-26-17-24(32)7-10-27(26)33-30(29)31(39)42-20-21(2)3/h5-10,17,19,21,23,33,43H,4,11-16,18,20H2,1-3H3. The van der Waals surface area contributed by atoms with Gasteiger partial charge in [0.2, 0.25) is 10.9 Å². The van der Waals surface area contributed by atoms with Gasteiger partial charge in [-0.1, -0.05) is 49.7 Å². The molecule has 0 radical (unpaired) electrons. The van der Waals surface area contributed by atoms with Crippen molar-refractivity contribution in [2.24, 2.45) is 11.8 Å². The lowest BCUT2D eigenvalue weighted by atomic mass is 9.97. The van der Waals surface area contributed by atoms with Gasteiger partial charge in [0.1, 0.15) is 11.4 Å². The van der Waals surface area contributed by atoms with Crippen LogP contribution in [0.4, 0.5) is 5.69 Å². The van der Waals surface area contributed by atoms with Gasteiger partial charge in [-0.2, -0.15) is 0 Å². The summed E-state index contributed by atoms with van der Waals surface area (Å²) in [5, 5.41) is 10.2. The minimum absolute atomic E-state index is 0.214. The minimum atomic E-state index is -2.71. The first-order valence-electron chi connectivity index (χ1n) is 14.8. The van der Waals surface area contributed by atoms with Gasteiger partial charge in [-0.05, 0) is 80.1 Å². The van der Waals surface area contributed by atoms with Gasteiger partial charge in [-0.3, -0.25) is 8.99 Å². The molecular weight excluding hydrogens is 588 g/mol. The molecule has 0 bridgehead atoms. The number of thiol groups is 1. The van der Waals surface area contributed by atoms with Crippen LogP contribution >= 0.6 is 11.6 Å². The number of hydrogen-bond acceptors (Lipinski definition) is 7. The monoisotopic (exact) mass is 626 g/mol. The molecule has 230 valence electrons. The second kappa shape index (κ2) is 13.9. The van der Waals surface area contributed by atoms with Crippen LogP contribution in [0.15, 0.2) is 48.7 Å². The van der Waals surface area contributed by atoms with Crippen LogP contribution in [-0.4, -0.2) is 72.1 Å². The van der Waals surface area contributed by atoms with Gasteiger partial charge in [0.05, 0.1) is 18.5 Å². The summed E-state index contributed by atoms with van der Waals surface area (Å²) < 4.78 is 32.8. The molecule has 2 aromatic carbocycles. The third-order valence-corrected chi connectivity index (χ3v) is 8.99. The Hall–Kier alpha value is -3.41. The van der Waals surface area contributed by atoms with Crippen LogP contribution < -0.4 is 4.31 Å². The summed E-state index contributed by atoms with van der Waals surface area (Å²) in [4.78, 5) is 18.5. The second-order valence-electron chi connectivity index (χ2n) is 11.5. The number of hydrogen-bond donors (Lipinski definition) is 2. The first-order chi connectivity index (χ1) is 20.7. The Kier molecular flexibility index (Phi) is 10.0. The number of anilines is 1. The average Bonchev–Trinajstić information content (AvgIpc) is 3.61. The number of aryl methyl sites for hydroxylation is 1. The van der Waals surface area contributed by atoms with Crippen molar-refractivity contribution in [1.29, 1.82) is 0 Å². The molecule has 2 aromatic heterocycles. The van der Waals surface area contributed by atoms with Crippen molar-refractivity contribution in [1.82, 2.24) is 24.9 Å². The number of rotatable bonds is 12. The molecule has 43 heavy (non-hydrogen) atoms. The van der Waals surface area contributed by atoms with Crippen molar-refractivity contribution in [2.45, 2.75) is 46.6 Å². The molecule has 0 atom stereocenters. The number of fused-ring (bicyclic) bond motifs is 1. The number of aromatic amines is 1. The number of carbonyl (C=O) groups excluding carboxylic acids is 1. The quantitative estimate of drug-likeness (QED) is 0.164. The molecule has 12 heteroatoms. The maximum atomic E-state index is 13.0. The molecule has 10 nitrogen and oxygen atoms in total. The fraction of sp³-hybridized carbons (Fsp3) is 0.452. The molecule has 4 aromatic rings. The van der Waals surface area contributed by atoms with Gasteiger partial charge in [0.25, 0.3) is 0 Å². The van der Waals surface area contributed by atoms with E-state index in [0.717, 1.165) is 43.3 Å². The van der Waals surface area contributed by atoms with Gasteiger partial charge in [0.15, 0.2) is 0 Å². The maximum absolute atomic E-state index is 13.0. The molecule has 0 unspecified atom stereocenters. The zero-order valence-electron chi connectivity index (χ0n) is 24.8. The Morgan fingerprint density at radius 3 is 2.58 bits per heavy atom. The SMILES string of the molecule is CCc1ccc(N(CCN2CCC(Cn3cc(-c4c(C(=O)OCC(C)C)[nH]c5ccc(Cl)cc45)nn3)CC2)[SH](=O)=O)cc1. The number of carbonyl (C=O) groups is 1. The van der Waals surface area contributed by atoms with Crippen molar-refractivity contribution in [2.75, 3.05) is 37.1 Å². The molecule has 1 N–H and O–H groups in total. The van der Waals surface area contributed by atoms with Crippen LogP contribution in [-0.2, 0) is 28.6 Å². The number of H-pyrrole nitrogens is 1. The summed E-state index contributed by atoms with van der Waals surface area (Å²) in [6.07, 6.45) is 4.74. The highest BCUT2D eigenvalue weighted by molar-refractivity contribution is 7.74. The summed E-state index contributed by atoms with van der Waals surface area (Å²) in [7, 11) is -2.71. The van der Waals surface area contributed by atoms with E-state index >= 15 is 0 Å². The Bertz CT molecular complexity index is 1610. The number of likely N-dealkylation sites (tertiary alicyclic amines) is 1. The molecule has 0 amide bonds. The van der Waals surface area contributed by atoms with Crippen LogP contribution in [0, 0.1) is 11.8 Å². The number of aromatic nitrogens is 4. The molecule has 1 aliphatic rings. The number of nitrogens with zero attached hydrogens (tertiary/aromatic N) is 5. The second-order valence-corrected chi connectivity index (χ2v) is 12.9. The molecule has 1 aliphatic heterocycles. The summed E-state index contributed by atoms with van der Waals surface area (Å²) in [6.45, 7) is 9.97. The van der Waals surface area contributed by atoms with Gasteiger partial charge in [-0.15, -0.1) is 5.10 Å². The van der Waals surface area contributed by atoms with Crippen molar-refractivity contribution in [3.05, 3.63) is 64.9 Å². The van der Waals surface area contributed by atoms with E-state index in [9.17, 15) is 13.2 Å². The summed E-state index contributed by atoms with van der Waals surface area (Å²) in [6, 6.07) is 13.2. The Labute approximate surface area is 259 Å². The molecule has 1 fully saturated rings. The van der Waals surface area contributed by atoms with Crippen LogP contribution in [0.3, 0.4) is 0 Å². The summed E-state index contributed by atoms with van der Waals surface area (Å²) >= 11 is 6.30. The number of nitrogens with one attached hydrogen (secondary N) is 1. The fourth-order valence-corrected chi connectivity index (χ4v) is 6.25. The Balaban J connectivity index is 1.21. The van der Waals surface area contributed by atoms with Crippen LogP contribution in [0.1, 0.15) is 49.7 Å². The first kappa shape index (κ1) is 31.0. The van der Waals surface area contributed by atoms with Gasteiger partial charge >= 0.3 is 5.97 Å². The highest BCUT2D eigenvalue weighted by atomic mass is 35.5. The van der Waals surface area contributed by atoms with Crippen LogP contribution in [0.25, 0.3) is 22.2 Å². The zero-order chi connectivity index (χ0) is 30.5. The Morgan fingerprint density at radius 1 is 1.16 bits per heavy atom. The third-order valence-electron chi connectivity index (χ3n) is 7.93. The zero-order valence-corrected chi connectivity index (χ0v) is 26.5. The van der Waals surface area contributed by atoms with E-state index in [0.29, 0.717) is 59.8 Å². The summed E-state index contributed by atoms with van der Waals surface area (Å²) in [5.41, 5.74) is 4.23. The number of benzene rings is 2. The van der Waals surface area contributed by atoms with E-state index in [-0.39, 0.29) is 5.92 Å². The number of esters is 1. The van der Waals surface area contributed by atoms with Gasteiger partial charge in [-0.25, -0.2) is 13.2 Å². The van der Waals surface area contributed by atoms with Gasteiger partial charge < -0.3 is 14.6 Å². The smallest absolute Gasteiger partial charge is 0.355 e. The van der Waals surface area contributed by atoms with E-state index in [1.54, 1.807) is 6.07 Å². The van der Waals surface area contributed by atoms with E-state index in [1.807, 2.05) is 61.1 Å². The molecule has 0 saturated carbocycles. The van der Waals surface area contributed by atoms with Gasteiger partial charge in [0, 0.05) is 41.1 Å². The molecular formula is C31H39ClN6O4S. The van der Waals surface area contributed by atoms with Crippen molar-refractivity contribution in [3.63, 3.8) is 0 Å². The van der Waals surface area contributed by atoms with E-state index < -0.39 is 16.9 Å². The molecule has 0 aliphatic carbocycles. The number of piperidine rings is 1. The largest absolute Gasteiger partial charge is 0.461 e. The lowest BCUT2D eigenvalue weighted by Crippen LogP contribution is -2.40. The predicted molar refractivity (Wildman–Crippen MR) is 170 cm³/mol. The lowest BCUT2D eigenvalue weighted by Gasteiger charge is -2.32. The van der Waals surface area contributed by atoms with Crippen molar-refractivity contribution < 1.29 is 17.9 Å². The topological polar surface area (TPSA) is 113 Å². The van der Waals surface area contributed by atoms with E-state index in [1.165, 1.54) is 9.87 Å². The molecule has 1 saturated heterocycles. The normalized spacial score (nSPS) is 14.7. The van der Waals surface area contributed by atoms with Crippen molar-refractivity contribution >= 4 is 45.1 Å². The minimum Gasteiger partial charge on any atom is -0.461 e. The van der Waals surface area contributed by atoms with Crippen LogP contribution in [0.2, 0.25) is 5.02 Å². The highest BCUT2D eigenvalue weighted by Crippen LogP contribution is 2.34. The van der Waals surface area contributed by atoms with E-state index in [2.05, 4.69) is 27.1 Å². The van der Waals surface area contributed by atoms with Crippen LogP contribution in [0.5, 0.6) is 0 Å². The van der Waals surface area contributed by atoms with Crippen molar-refractivity contribution in [3.8, 4) is 11.3 Å². The Morgan fingerprint density at radius 2 is 1.91 bits per heavy atom.